The van der Waals surface area contributed by atoms with Crippen molar-refractivity contribution in [1.82, 2.24) is 14.5 Å². The Balaban J connectivity index is 1.18. The Labute approximate surface area is 228 Å². The van der Waals surface area contributed by atoms with E-state index in [2.05, 4.69) is 22.3 Å². The number of hydrogen-bond acceptors (Lipinski definition) is 7. The first kappa shape index (κ1) is 28.1. The lowest BCUT2D eigenvalue weighted by atomic mass is 9.96. The van der Waals surface area contributed by atoms with Gasteiger partial charge in [0, 0.05) is 32.2 Å². The number of sulfonamides is 1. The SMILES string of the molecule is O=C(C[C@@H]1CC[C@H]2[C@@H](COC[C@@H](O)CN2S(=O)(=O)c2ccc(F)cc2)O1)N[C@H]1CCN(Cc2ccccc2)C1. The van der Waals surface area contributed by atoms with Gasteiger partial charge in [-0.25, -0.2) is 12.8 Å². The third-order valence-corrected chi connectivity index (χ3v) is 9.56. The van der Waals surface area contributed by atoms with E-state index in [1.807, 2.05) is 18.2 Å². The molecule has 9 nitrogen and oxygen atoms in total. The number of likely N-dealkylation sites (tertiary alicyclic amines) is 1. The van der Waals surface area contributed by atoms with Crippen LogP contribution in [-0.4, -0.2) is 91.9 Å². The Morgan fingerprint density at radius 3 is 2.56 bits per heavy atom. The molecule has 5 rings (SSSR count). The summed E-state index contributed by atoms with van der Waals surface area (Å²) < 4.78 is 53.5. The molecule has 1 amide bonds. The second-order valence-corrected chi connectivity index (χ2v) is 12.5. The number of benzene rings is 2. The fourth-order valence-electron chi connectivity index (χ4n) is 5.74. The van der Waals surface area contributed by atoms with Crippen LogP contribution in [0.3, 0.4) is 0 Å². The van der Waals surface area contributed by atoms with E-state index in [0.29, 0.717) is 12.8 Å². The molecule has 212 valence electrons. The predicted octanol–water partition coefficient (Wildman–Crippen LogP) is 1.90. The molecular weight excluding hydrogens is 525 g/mol. The topological polar surface area (TPSA) is 108 Å². The molecule has 0 bridgehead atoms. The van der Waals surface area contributed by atoms with E-state index in [4.69, 9.17) is 9.47 Å². The summed E-state index contributed by atoms with van der Waals surface area (Å²) in [5.41, 5.74) is 1.25. The van der Waals surface area contributed by atoms with Crippen LogP contribution in [0.4, 0.5) is 4.39 Å². The Kier molecular flexibility index (Phi) is 8.95. The summed E-state index contributed by atoms with van der Waals surface area (Å²) >= 11 is 0. The number of β-amino-alcohol motifs (C(OH)–C–C–N with tert-alkyl or cyclic N) is 1. The molecule has 3 aliphatic rings. The summed E-state index contributed by atoms with van der Waals surface area (Å²) in [6, 6.07) is 14.4. The molecule has 11 heteroatoms. The molecule has 0 unspecified atom stereocenters. The van der Waals surface area contributed by atoms with Crippen molar-refractivity contribution in [3.63, 3.8) is 0 Å². The third-order valence-electron chi connectivity index (χ3n) is 7.65. The van der Waals surface area contributed by atoms with E-state index < -0.39 is 34.1 Å². The standard InChI is InChI=1S/C28H36FN3O6S/c29-21-6-9-25(10-7-21)39(35,36)32-17-23(33)18-37-19-27-26(32)11-8-24(38-27)14-28(34)30-22-12-13-31(16-22)15-20-4-2-1-3-5-20/h1-7,9-10,22-24,26-27,33H,8,11-19H2,(H,30,34)/t22-,23-,24-,26-,27+/m0/s1. The molecule has 3 fully saturated rings. The Morgan fingerprint density at radius 1 is 1.03 bits per heavy atom. The molecule has 2 N–H and O–H groups in total. The number of rotatable bonds is 7. The quantitative estimate of drug-likeness (QED) is 0.532. The molecule has 0 saturated carbocycles. The molecule has 3 heterocycles. The van der Waals surface area contributed by atoms with Gasteiger partial charge in [-0.3, -0.25) is 9.69 Å². The summed E-state index contributed by atoms with van der Waals surface area (Å²) in [7, 11) is -4.02. The second-order valence-electron chi connectivity index (χ2n) is 10.6. The van der Waals surface area contributed by atoms with Crippen LogP contribution in [0.5, 0.6) is 0 Å². The average Bonchev–Trinajstić information content (AvgIpc) is 3.33. The van der Waals surface area contributed by atoms with E-state index in [1.54, 1.807) is 0 Å². The van der Waals surface area contributed by atoms with E-state index in [-0.39, 0.29) is 49.1 Å². The molecule has 2 aromatic carbocycles. The molecule has 3 aliphatic heterocycles. The number of nitrogens with one attached hydrogen (secondary N) is 1. The lowest BCUT2D eigenvalue weighted by Crippen LogP contribution is -2.57. The highest BCUT2D eigenvalue weighted by Crippen LogP contribution is 2.31. The number of amides is 1. The van der Waals surface area contributed by atoms with Crippen molar-refractivity contribution in [2.45, 2.75) is 67.5 Å². The maximum atomic E-state index is 13.5. The van der Waals surface area contributed by atoms with Gasteiger partial charge in [0.25, 0.3) is 0 Å². The first-order valence-corrected chi connectivity index (χ1v) is 15.0. The number of ether oxygens (including phenoxy) is 2. The predicted molar refractivity (Wildman–Crippen MR) is 142 cm³/mol. The highest BCUT2D eigenvalue weighted by molar-refractivity contribution is 7.89. The number of aliphatic hydroxyl groups excluding tert-OH is 1. The number of halogens is 1. The van der Waals surface area contributed by atoms with Crippen LogP contribution in [0, 0.1) is 5.82 Å². The summed E-state index contributed by atoms with van der Waals surface area (Å²) in [5, 5.41) is 13.5. The molecule has 0 aliphatic carbocycles. The van der Waals surface area contributed by atoms with Crippen molar-refractivity contribution >= 4 is 15.9 Å². The van der Waals surface area contributed by atoms with Gasteiger partial charge in [-0.1, -0.05) is 30.3 Å². The van der Waals surface area contributed by atoms with Crippen LogP contribution in [-0.2, 0) is 30.8 Å². The third kappa shape index (κ3) is 7.03. The number of aliphatic hydroxyl groups is 1. The van der Waals surface area contributed by atoms with Crippen molar-refractivity contribution in [2.24, 2.45) is 0 Å². The summed E-state index contributed by atoms with van der Waals surface area (Å²) in [4.78, 5) is 15.2. The second kappa shape index (κ2) is 12.4. The normalized spacial score (nSPS) is 28.8. The van der Waals surface area contributed by atoms with E-state index in [1.165, 1.54) is 22.0 Å². The number of hydrogen-bond donors (Lipinski definition) is 2. The number of nitrogens with zero attached hydrogens (tertiary/aromatic N) is 2. The van der Waals surface area contributed by atoms with Crippen molar-refractivity contribution in [3.8, 4) is 0 Å². The fourth-order valence-corrected chi connectivity index (χ4v) is 7.46. The van der Waals surface area contributed by atoms with Gasteiger partial charge in [0.1, 0.15) is 5.82 Å². The maximum absolute atomic E-state index is 13.5. The van der Waals surface area contributed by atoms with Gasteiger partial charge in [0.05, 0.1) is 48.9 Å². The highest BCUT2D eigenvalue weighted by Gasteiger charge is 2.43. The van der Waals surface area contributed by atoms with Crippen LogP contribution in [0.15, 0.2) is 59.5 Å². The first-order valence-electron chi connectivity index (χ1n) is 13.5. The highest BCUT2D eigenvalue weighted by atomic mass is 32.2. The van der Waals surface area contributed by atoms with E-state index in [0.717, 1.165) is 38.2 Å². The lowest BCUT2D eigenvalue weighted by Gasteiger charge is -2.43. The van der Waals surface area contributed by atoms with E-state index in [9.17, 15) is 22.7 Å². The summed E-state index contributed by atoms with van der Waals surface area (Å²) in [6.07, 6.45) is 0.0617. The minimum absolute atomic E-state index is 0.0334. The first-order chi connectivity index (χ1) is 18.8. The molecule has 0 aromatic heterocycles. The van der Waals surface area contributed by atoms with Gasteiger partial charge >= 0.3 is 0 Å². The summed E-state index contributed by atoms with van der Waals surface area (Å²) in [5.74, 6) is -0.612. The molecule has 39 heavy (non-hydrogen) atoms. The Bertz CT molecular complexity index is 1220. The molecule has 5 atom stereocenters. The van der Waals surface area contributed by atoms with Gasteiger partial charge in [-0.05, 0) is 49.1 Å². The van der Waals surface area contributed by atoms with Crippen molar-refractivity contribution in [1.29, 1.82) is 0 Å². The average molecular weight is 562 g/mol. The maximum Gasteiger partial charge on any atom is 0.243 e. The molecule has 2 aromatic rings. The molecule has 3 saturated heterocycles. The molecular formula is C28H36FN3O6S. The van der Waals surface area contributed by atoms with E-state index >= 15 is 0 Å². The Morgan fingerprint density at radius 2 is 1.79 bits per heavy atom. The smallest absolute Gasteiger partial charge is 0.243 e. The summed E-state index contributed by atoms with van der Waals surface area (Å²) in [6.45, 7) is 2.49. The number of carbonyl (C=O) groups excluding carboxylic acids is 1. The fraction of sp³-hybridized carbons (Fsp3) is 0.536. The largest absolute Gasteiger partial charge is 0.389 e. The monoisotopic (exact) mass is 561 g/mol. The van der Waals surface area contributed by atoms with Gasteiger partial charge in [-0.15, -0.1) is 0 Å². The van der Waals surface area contributed by atoms with Crippen LogP contribution < -0.4 is 5.32 Å². The minimum atomic E-state index is -4.02. The Hall–Kier alpha value is -2.41. The minimum Gasteiger partial charge on any atom is -0.389 e. The zero-order valence-electron chi connectivity index (χ0n) is 21.8. The van der Waals surface area contributed by atoms with Crippen molar-refractivity contribution in [3.05, 3.63) is 66.0 Å². The van der Waals surface area contributed by atoms with Crippen LogP contribution >= 0.6 is 0 Å². The zero-order valence-corrected chi connectivity index (χ0v) is 22.6. The van der Waals surface area contributed by atoms with Crippen LogP contribution in [0.1, 0.15) is 31.2 Å². The lowest BCUT2D eigenvalue weighted by molar-refractivity contribution is -0.146. The van der Waals surface area contributed by atoms with Crippen LogP contribution in [0.2, 0.25) is 0 Å². The zero-order chi connectivity index (χ0) is 27.4. The van der Waals surface area contributed by atoms with Gasteiger partial charge < -0.3 is 19.9 Å². The molecule has 0 spiro atoms. The number of fused-ring (bicyclic) bond motifs is 1. The van der Waals surface area contributed by atoms with Crippen molar-refractivity contribution < 1.29 is 32.2 Å². The number of carbonyl (C=O) groups is 1. The molecule has 0 radical (unpaired) electrons. The van der Waals surface area contributed by atoms with Gasteiger partial charge in [0.15, 0.2) is 0 Å². The van der Waals surface area contributed by atoms with Gasteiger partial charge in [0.2, 0.25) is 15.9 Å². The van der Waals surface area contributed by atoms with Gasteiger partial charge in [-0.2, -0.15) is 4.31 Å². The van der Waals surface area contributed by atoms with Crippen LogP contribution in [0.25, 0.3) is 0 Å². The van der Waals surface area contributed by atoms with Crippen molar-refractivity contribution in [2.75, 3.05) is 32.8 Å².